The Labute approximate surface area is 203 Å². The second-order valence-electron chi connectivity index (χ2n) is 8.26. The van der Waals surface area contributed by atoms with E-state index in [9.17, 15) is 4.79 Å². The summed E-state index contributed by atoms with van der Waals surface area (Å²) in [5, 5.41) is 9.18. The molecule has 1 amide bonds. The van der Waals surface area contributed by atoms with Crippen LogP contribution in [0.2, 0.25) is 0 Å². The lowest BCUT2D eigenvalue weighted by atomic mass is 10.1. The molecule has 1 saturated heterocycles. The fourth-order valence-electron chi connectivity index (χ4n) is 2.94. The number of hydrogen-bond acceptors (Lipinski definition) is 5. The Hall–Kier alpha value is -1.59. The van der Waals surface area contributed by atoms with Crippen LogP contribution < -0.4 is 16.0 Å². The zero-order valence-corrected chi connectivity index (χ0v) is 21.5. The number of nitrogens with one attached hydrogen (secondary N) is 3. The fourth-order valence-corrected chi connectivity index (χ4v) is 2.94. The number of amides is 1. The van der Waals surface area contributed by atoms with Crippen molar-refractivity contribution in [3.05, 3.63) is 35.4 Å². The predicted octanol–water partition coefficient (Wildman–Crippen LogP) is 2.72. The molecule has 9 heteroatoms. The molecule has 0 bridgehead atoms. The van der Waals surface area contributed by atoms with Crippen LogP contribution in [0, 0.1) is 0 Å². The van der Waals surface area contributed by atoms with Crippen LogP contribution in [0.5, 0.6) is 0 Å². The number of benzene rings is 1. The highest BCUT2D eigenvalue weighted by molar-refractivity contribution is 14.0. The molecule has 3 N–H and O–H groups in total. The molecule has 0 unspecified atom stereocenters. The first-order valence-corrected chi connectivity index (χ1v) is 10.7. The van der Waals surface area contributed by atoms with E-state index in [2.05, 4.69) is 50.1 Å². The first kappa shape index (κ1) is 27.4. The highest BCUT2D eigenvalue weighted by Crippen LogP contribution is 2.10. The van der Waals surface area contributed by atoms with E-state index in [1.807, 2.05) is 27.7 Å². The van der Waals surface area contributed by atoms with Crippen molar-refractivity contribution in [1.82, 2.24) is 20.9 Å². The normalized spacial score (nSPS) is 15.0. The fraction of sp³-hybridized carbons (Fsp3) is 0.636. The minimum atomic E-state index is -0.494. The second kappa shape index (κ2) is 14.5. The summed E-state index contributed by atoms with van der Waals surface area (Å²) >= 11 is 0. The SMILES string of the molecule is CCNC(=NCc1ccc(CN2CCOCC2)cc1)NCCNC(=O)OC(C)(C)C.I. The lowest BCUT2D eigenvalue weighted by Crippen LogP contribution is -2.42. The third-order valence-corrected chi connectivity index (χ3v) is 4.38. The molecule has 0 aromatic heterocycles. The van der Waals surface area contributed by atoms with Gasteiger partial charge < -0.3 is 25.4 Å². The quantitative estimate of drug-likeness (QED) is 0.201. The van der Waals surface area contributed by atoms with Crippen LogP contribution in [0.1, 0.15) is 38.8 Å². The number of carbonyl (C=O) groups is 1. The molecule has 0 atom stereocenters. The summed E-state index contributed by atoms with van der Waals surface area (Å²) in [6.45, 7) is 14.5. The van der Waals surface area contributed by atoms with Gasteiger partial charge in [0.1, 0.15) is 5.60 Å². The molecule has 1 aromatic rings. The zero-order chi connectivity index (χ0) is 21.8. The molecule has 1 aromatic carbocycles. The van der Waals surface area contributed by atoms with Crippen LogP contribution in [0.15, 0.2) is 29.3 Å². The minimum absolute atomic E-state index is 0. The van der Waals surface area contributed by atoms with Gasteiger partial charge >= 0.3 is 6.09 Å². The Morgan fingerprint density at radius 3 is 2.29 bits per heavy atom. The first-order valence-electron chi connectivity index (χ1n) is 10.7. The number of morpholine rings is 1. The van der Waals surface area contributed by atoms with E-state index >= 15 is 0 Å². The first-order chi connectivity index (χ1) is 14.4. The lowest BCUT2D eigenvalue weighted by Gasteiger charge is -2.26. The van der Waals surface area contributed by atoms with Crippen LogP contribution in [0.25, 0.3) is 0 Å². The lowest BCUT2D eigenvalue weighted by molar-refractivity contribution is 0.0342. The number of ether oxygens (including phenoxy) is 2. The molecule has 0 spiro atoms. The monoisotopic (exact) mass is 547 g/mol. The summed E-state index contributed by atoms with van der Waals surface area (Å²) in [4.78, 5) is 18.7. The van der Waals surface area contributed by atoms with Crippen molar-refractivity contribution in [1.29, 1.82) is 0 Å². The molecule has 0 radical (unpaired) electrons. The van der Waals surface area contributed by atoms with Gasteiger partial charge in [-0.05, 0) is 38.8 Å². The summed E-state index contributed by atoms with van der Waals surface area (Å²) in [5.74, 6) is 0.723. The van der Waals surface area contributed by atoms with Gasteiger partial charge in [-0.1, -0.05) is 24.3 Å². The molecule has 2 rings (SSSR count). The molecule has 1 fully saturated rings. The van der Waals surface area contributed by atoms with Crippen molar-refractivity contribution >= 4 is 36.0 Å². The van der Waals surface area contributed by atoms with E-state index in [4.69, 9.17) is 9.47 Å². The summed E-state index contributed by atoms with van der Waals surface area (Å²) in [7, 11) is 0. The Bertz CT molecular complexity index is 671. The molecule has 8 nitrogen and oxygen atoms in total. The summed E-state index contributed by atoms with van der Waals surface area (Å²) < 4.78 is 10.6. The van der Waals surface area contributed by atoms with Crippen molar-refractivity contribution in [2.75, 3.05) is 45.9 Å². The largest absolute Gasteiger partial charge is 0.444 e. The van der Waals surface area contributed by atoms with E-state index in [-0.39, 0.29) is 24.0 Å². The average molecular weight is 547 g/mol. The Morgan fingerprint density at radius 2 is 1.68 bits per heavy atom. The molecule has 1 heterocycles. The molecule has 0 saturated carbocycles. The number of halogens is 1. The van der Waals surface area contributed by atoms with Crippen molar-refractivity contribution < 1.29 is 14.3 Å². The smallest absolute Gasteiger partial charge is 0.407 e. The maximum absolute atomic E-state index is 11.7. The standard InChI is InChI=1S/C22H37N5O3.HI/c1-5-23-20(24-10-11-25-21(28)30-22(2,3)4)26-16-18-6-8-19(9-7-18)17-27-12-14-29-15-13-27;/h6-9H,5,10-17H2,1-4H3,(H,25,28)(H2,23,24,26);1H. The maximum atomic E-state index is 11.7. The van der Waals surface area contributed by atoms with Crippen molar-refractivity contribution in [3.63, 3.8) is 0 Å². The highest BCUT2D eigenvalue weighted by atomic mass is 127. The molecule has 1 aliphatic rings. The van der Waals surface area contributed by atoms with Gasteiger partial charge in [-0.3, -0.25) is 4.90 Å². The number of nitrogens with zero attached hydrogens (tertiary/aromatic N) is 2. The number of guanidine groups is 1. The summed E-state index contributed by atoms with van der Waals surface area (Å²) in [6.07, 6.45) is -0.414. The number of hydrogen-bond donors (Lipinski definition) is 3. The average Bonchev–Trinajstić information content (AvgIpc) is 2.70. The molecule has 31 heavy (non-hydrogen) atoms. The Balaban J connectivity index is 0.00000480. The van der Waals surface area contributed by atoms with Gasteiger partial charge in [0.05, 0.1) is 19.8 Å². The number of rotatable bonds is 8. The van der Waals surface area contributed by atoms with Gasteiger partial charge in [0.25, 0.3) is 0 Å². The van der Waals surface area contributed by atoms with E-state index < -0.39 is 11.7 Å². The molecule has 1 aliphatic heterocycles. The van der Waals surface area contributed by atoms with E-state index in [0.29, 0.717) is 19.6 Å². The topological polar surface area (TPSA) is 87.2 Å². The van der Waals surface area contributed by atoms with Crippen LogP contribution in [0.3, 0.4) is 0 Å². The van der Waals surface area contributed by atoms with Gasteiger partial charge in [0.2, 0.25) is 0 Å². The molecule has 176 valence electrons. The maximum Gasteiger partial charge on any atom is 0.407 e. The number of alkyl carbamates (subject to hydrolysis) is 1. The third-order valence-electron chi connectivity index (χ3n) is 4.38. The van der Waals surface area contributed by atoms with Crippen LogP contribution in [0.4, 0.5) is 4.79 Å². The van der Waals surface area contributed by atoms with Gasteiger partial charge in [-0.25, -0.2) is 9.79 Å². The predicted molar refractivity (Wildman–Crippen MR) is 135 cm³/mol. The van der Waals surface area contributed by atoms with Gasteiger partial charge in [0.15, 0.2) is 5.96 Å². The van der Waals surface area contributed by atoms with E-state index in [1.54, 1.807) is 0 Å². The van der Waals surface area contributed by atoms with Crippen LogP contribution >= 0.6 is 24.0 Å². The van der Waals surface area contributed by atoms with Crippen LogP contribution in [-0.4, -0.2) is 68.5 Å². The van der Waals surface area contributed by atoms with Gasteiger partial charge in [-0.2, -0.15) is 0 Å². The third kappa shape index (κ3) is 12.1. The molecule has 0 aliphatic carbocycles. The minimum Gasteiger partial charge on any atom is -0.444 e. The van der Waals surface area contributed by atoms with E-state index in [1.165, 1.54) is 5.56 Å². The molecular formula is C22H38IN5O3. The van der Waals surface area contributed by atoms with Crippen molar-refractivity contribution in [2.24, 2.45) is 4.99 Å². The summed E-state index contributed by atoms with van der Waals surface area (Å²) in [5.41, 5.74) is 1.97. The summed E-state index contributed by atoms with van der Waals surface area (Å²) in [6, 6.07) is 8.61. The van der Waals surface area contributed by atoms with E-state index in [0.717, 1.165) is 50.9 Å². The van der Waals surface area contributed by atoms with Gasteiger partial charge in [-0.15, -0.1) is 24.0 Å². The zero-order valence-electron chi connectivity index (χ0n) is 19.2. The molecular weight excluding hydrogens is 509 g/mol. The number of aliphatic imine (C=N–C) groups is 1. The van der Waals surface area contributed by atoms with Crippen molar-refractivity contribution in [3.8, 4) is 0 Å². The Morgan fingerprint density at radius 1 is 1.06 bits per heavy atom. The Kier molecular flexibility index (Phi) is 12.8. The van der Waals surface area contributed by atoms with Gasteiger partial charge in [0, 0.05) is 39.3 Å². The highest BCUT2D eigenvalue weighted by Gasteiger charge is 2.15. The second-order valence-corrected chi connectivity index (χ2v) is 8.26. The van der Waals surface area contributed by atoms with Crippen molar-refractivity contribution in [2.45, 2.75) is 46.4 Å². The number of carbonyl (C=O) groups excluding carboxylic acids is 1. The van der Waals surface area contributed by atoms with Crippen LogP contribution in [-0.2, 0) is 22.6 Å².